The highest BCUT2D eigenvalue weighted by Crippen LogP contribution is 2.27. The summed E-state index contributed by atoms with van der Waals surface area (Å²) in [4.78, 5) is 34.1. The summed E-state index contributed by atoms with van der Waals surface area (Å²) < 4.78 is 25.5. The van der Waals surface area contributed by atoms with E-state index in [-0.39, 0.29) is 11.5 Å². The van der Waals surface area contributed by atoms with Crippen molar-refractivity contribution in [1.29, 1.82) is 0 Å². The van der Waals surface area contributed by atoms with E-state index < -0.39 is 15.3 Å². The normalized spacial score (nSPS) is 12.7. The zero-order chi connectivity index (χ0) is 22.9. The number of carbonyl (C=O) groups is 1. The highest BCUT2D eigenvalue weighted by atomic mass is 32.2. The summed E-state index contributed by atoms with van der Waals surface area (Å²) in [5.41, 5.74) is 2.44. The molecule has 3 N–H and O–H groups in total. The Morgan fingerprint density at radius 1 is 1.29 bits per heavy atom. The summed E-state index contributed by atoms with van der Waals surface area (Å²) in [5.74, 6) is 0.675. The van der Waals surface area contributed by atoms with Crippen molar-refractivity contribution in [3.63, 3.8) is 0 Å². The van der Waals surface area contributed by atoms with Gasteiger partial charge in [-0.3, -0.25) is 14.3 Å². The van der Waals surface area contributed by atoms with Crippen LogP contribution in [0.1, 0.15) is 28.8 Å². The molecule has 1 aromatic carbocycles. The fourth-order valence-corrected chi connectivity index (χ4v) is 5.32. The third kappa shape index (κ3) is 5.66. The van der Waals surface area contributed by atoms with Crippen molar-refractivity contribution in [3.8, 4) is 0 Å². The fourth-order valence-electron chi connectivity index (χ4n) is 2.90. The quantitative estimate of drug-likeness (QED) is 0.476. The predicted octanol–water partition coefficient (Wildman–Crippen LogP) is 3.54. The molecule has 31 heavy (non-hydrogen) atoms. The van der Waals surface area contributed by atoms with Crippen molar-refractivity contribution < 1.29 is 13.2 Å². The molecule has 0 bridgehead atoms. The molecule has 1 atom stereocenters. The molecule has 0 fully saturated rings. The largest absolute Gasteiger partial charge is 0.325 e. The summed E-state index contributed by atoms with van der Waals surface area (Å²) in [6.07, 6.45) is 1.07. The number of carbonyl (C=O) groups excluding carboxylic acids is 1. The molecule has 0 saturated heterocycles. The summed E-state index contributed by atoms with van der Waals surface area (Å²) in [5, 5.41) is 3.01. The lowest BCUT2D eigenvalue weighted by Gasteiger charge is -2.14. The minimum atomic E-state index is -3.42. The molecule has 0 aliphatic heterocycles. The number of aromatic amines is 1. The van der Waals surface area contributed by atoms with Gasteiger partial charge >= 0.3 is 0 Å². The van der Waals surface area contributed by atoms with E-state index in [0.29, 0.717) is 33.2 Å². The van der Waals surface area contributed by atoms with Crippen molar-refractivity contribution in [2.24, 2.45) is 0 Å². The molecule has 2 aromatic heterocycles. The van der Waals surface area contributed by atoms with Gasteiger partial charge in [0.05, 0.1) is 28.3 Å². The van der Waals surface area contributed by atoms with Crippen molar-refractivity contribution in [2.75, 3.05) is 16.3 Å². The van der Waals surface area contributed by atoms with E-state index in [0.717, 1.165) is 22.3 Å². The van der Waals surface area contributed by atoms with Gasteiger partial charge in [0.15, 0.2) is 0 Å². The molecule has 8 nitrogen and oxygen atoms in total. The Bertz CT molecular complexity index is 1310. The molecular formula is C20H24N4O4S3. The number of thioether (sulfide) groups is 1. The maximum absolute atomic E-state index is 12.6. The highest BCUT2D eigenvalue weighted by molar-refractivity contribution is 7.99. The second kappa shape index (κ2) is 9.01. The Kier molecular flexibility index (Phi) is 6.77. The molecule has 2 heterocycles. The van der Waals surface area contributed by atoms with Gasteiger partial charge in [-0.15, -0.1) is 23.1 Å². The van der Waals surface area contributed by atoms with E-state index in [2.05, 4.69) is 20.0 Å². The molecule has 3 aromatic rings. The molecule has 0 radical (unpaired) electrons. The van der Waals surface area contributed by atoms with Gasteiger partial charge in [-0.1, -0.05) is 6.07 Å². The minimum absolute atomic E-state index is 0.162. The van der Waals surface area contributed by atoms with Crippen LogP contribution in [-0.2, 0) is 20.6 Å². The number of rotatable bonds is 7. The van der Waals surface area contributed by atoms with Crippen LogP contribution in [0.25, 0.3) is 10.2 Å². The number of nitrogens with one attached hydrogen (secondary N) is 3. The Hall–Kier alpha value is -2.37. The lowest BCUT2D eigenvalue weighted by Crippen LogP contribution is -2.23. The number of amides is 1. The third-order valence-corrected chi connectivity index (χ3v) is 7.57. The van der Waals surface area contributed by atoms with Gasteiger partial charge in [-0.05, 0) is 51.0 Å². The first-order valence-electron chi connectivity index (χ1n) is 9.44. The first-order valence-corrected chi connectivity index (χ1v) is 13.2. The number of H-pyrrole nitrogens is 1. The molecule has 0 aliphatic carbocycles. The SMILES string of the molecule is Cc1ccc(NC(=O)[C@H](C)SCc2nc3sc(C)c(C)c3c(=O)[nH]2)cc1NS(C)(=O)=O. The zero-order valence-corrected chi connectivity index (χ0v) is 20.3. The number of hydrogen-bond acceptors (Lipinski definition) is 7. The van der Waals surface area contributed by atoms with Crippen LogP contribution in [0, 0.1) is 20.8 Å². The van der Waals surface area contributed by atoms with Crippen LogP contribution in [0.4, 0.5) is 11.4 Å². The monoisotopic (exact) mass is 480 g/mol. The fraction of sp³-hybridized carbons (Fsp3) is 0.350. The number of sulfonamides is 1. The van der Waals surface area contributed by atoms with E-state index in [1.54, 1.807) is 32.0 Å². The third-order valence-electron chi connectivity index (χ3n) is 4.73. The van der Waals surface area contributed by atoms with Gasteiger partial charge in [0.25, 0.3) is 5.56 Å². The predicted molar refractivity (Wildman–Crippen MR) is 129 cm³/mol. The molecule has 11 heteroatoms. The number of fused-ring (bicyclic) bond motifs is 1. The summed E-state index contributed by atoms with van der Waals surface area (Å²) >= 11 is 2.84. The molecule has 0 unspecified atom stereocenters. The van der Waals surface area contributed by atoms with Crippen LogP contribution in [0.5, 0.6) is 0 Å². The molecule has 1 amide bonds. The molecule has 0 saturated carbocycles. The van der Waals surface area contributed by atoms with Gasteiger partial charge in [-0.2, -0.15) is 0 Å². The second-order valence-corrected chi connectivity index (χ2v) is 11.6. The van der Waals surface area contributed by atoms with Crippen LogP contribution in [-0.4, -0.2) is 35.8 Å². The van der Waals surface area contributed by atoms with Crippen LogP contribution in [0.3, 0.4) is 0 Å². The van der Waals surface area contributed by atoms with Crippen LogP contribution in [0.2, 0.25) is 0 Å². The van der Waals surface area contributed by atoms with Crippen molar-refractivity contribution in [1.82, 2.24) is 9.97 Å². The number of nitrogens with zero attached hydrogens (tertiary/aromatic N) is 1. The molecule has 3 rings (SSSR count). The molecular weight excluding hydrogens is 456 g/mol. The van der Waals surface area contributed by atoms with Gasteiger partial charge < -0.3 is 10.3 Å². The topological polar surface area (TPSA) is 121 Å². The molecule has 0 aliphatic rings. The summed E-state index contributed by atoms with van der Waals surface area (Å²) in [6, 6.07) is 5.03. The van der Waals surface area contributed by atoms with Gasteiger partial charge in [-0.25, -0.2) is 13.4 Å². The van der Waals surface area contributed by atoms with E-state index in [1.165, 1.54) is 23.1 Å². The Labute approximate surface area is 188 Å². The number of aromatic nitrogens is 2. The average Bonchev–Trinajstić information content (AvgIpc) is 2.95. The van der Waals surface area contributed by atoms with Gasteiger partial charge in [0.2, 0.25) is 15.9 Å². The first kappa shape index (κ1) is 23.3. The van der Waals surface area contributed by atoms with Gasteiger partial charge in [0, 0.05) is 10.6 Å². The van der Waals surface area contributed by atoms with E-state index in [4.69, 9.17) is 0 Å². The zero-order valence-electron chi connectivity index (χ0n) is 17.8. The van der Waals surface area contributed by atoms with Crippen molar-refractivity contribution in [3.05, 3.63) is 50.4 Å². The van der Waals surface area contributed by atoms with E-state index in [9.17, 15) is 18.0 Å². The standard InChI is InChI=1S/C20H24N4O4S3/c1-10-6-7-14(8-15(10)24-31(5,27)28)21-18(25)13(4)29-9-16-22-19(26)17-11(2)12(3)30-20(17)23-16/h6-8,13,24H,9H2,1-5H3,(H,21,25)(H,22,23,26)/t13-/m0/s1. The number of thiophene rings is 1. The van der Waals surface area contributed by atoms with Crippen molar-refractivity contribution in [2.45, 2.75) is 38.7 Å². The number of aryl methyl sites for hydroxylation is 3. The Morgan fingerprint density at radius 2 is 2.00 bits per heavy atom. The lowest BCUT2D eigenvalue weighted by atomic mass is 10.2. The maximum Gasteiger partial charge on any atom is 0.259 e. The Morgan fingerprint density at radius 3 is 2.68 bits per heavy atom. The summed E-state index contributed by atoms with van der Waals surface area (Å²) in [7, 11) is -3.42. The van der Waals surface area contributed by atoms with Gasteiger partial charge in [0.1, 0.15) is 10.7 Å². The number of benzene rings is 1. The number of anilines is 2. The Balaban J connectivity index is 1.67. The highest BCUT2D eigenvalue weighted by Gasteiger charge is 2.17. The molecule has 166 valence electrons. The van der Waals surface area contributed by atoms with Crippen LogP contribution >= 0.6 is 23.1 Å². The first-order chi connectivity index (χ1) is 14.4. The smallest absolute Gasteiger partial charge is 0.259 e. The van der Waals surface area contributed by atoms with Crippen LogP contribution < -0.4 is 15.6 Å². The lowest BCUT2D eigenvalue weighted by molar-refractivity contribution is -0.115. The van der Waals surface area contributed by atoms with Crippen molar-refractivity contribution >= 4 is 60.6 Å². The minimum Gasteiger partial charge on any atom is -0.325 e. The molecule has 0 spiro atoms. The summed E-state index contributed by atoms with van der Waals surface area (Å²) in [6.45, 7) is 7.41. The van der Waals surface area contributed by atoms with E-state index in [1.807, 2.05) is 13.8 Å². The van der Waals surface area contributed by atoms with Crippen LogP contribution in [0.15, 0.2) is 23.0 Å². The second-order valence-electron chi connectivity index (χ2n) is 7.32. The average molecular weight is 481 g/mol. The van der Waals surface area contributed by atoms with E-state index >= 15 is 0 Å². The number of hydrogen-bond donors (Lipinski definition) is 3. The maximum atomic E-state index is 12.6.